The van der Waals surface area contributed by atoms with Crippen LogP contribution >= 0.6 is 0 Å². The van der Waals surface area contributed by atoms with Crippen molar-refractivity contribution in [3.8, 4) is 0 Å². The number of carbonyl (C=O) groups is 1. The molecule has 0 saturated heterocycles. The normalized spacial score (nSPS) is 13.6. The number of aliphatic hydroxyl groups is 2. The summed E-state index contributed by atoms with van der Waals surface area (Å²) < 4.78 is 0. The highest BCUT2D eigenvalue weighted by Gasteiger charge is 2.18. The van der Waals surface area contributed by atoms with Gasteiger partial charge in [0.05, 0.1) is 18.8 Å². The first-order valence-electron chi connectivity index (χ1n) is 33.4. The molecule has 0 aromatic rings. The van der Waals surface area contributed by atoms with Crippen molar-refractivity contribution < 1.29 is 15.0 Å². The van der Waals surface area contributed by atoms with Crippen LogP contribution in [0, 0.1) is 0 Å². The van der Waals surface area contributed by atoms with Gasteiger partial charge in [-0.15, -0.1) is 0 Å². The smallest absolute Gasteiger partial charge is 0.220 e. The van der Waals surface area contributed by atoms with E-state index in [1.165, 1.54) is 199 Å². The van der Waals surface area contributed by atoms with Gasteiger partial charge in [0.25, 0.3) is 0 Å². The van der Waals surface area contributed by atoms with Crippen molar-refractivity contribution in [2.24, 2.45) is 0 Å². The Hall–Kier alpha value is -3.47. The number of hydrogen-bond donors (Lipinski definition) is 3. The largest absolute Gasteiger partial charge is 0.394 e. The third kappa shape index (κ3) is 63.4. The van der Waals surface area contributed by atoms with Gasteiger partial charge in [0, 0.05) is 6.42 Å². The van der Waals surface area contributed by atoms with E-state index in [-0.39, 0.29) is 12.5 Å². The van der Waals surface area contributed by atoms with Crippen LogP contribution in [0.15, 0.2) is 134 Å². The molecule has 0 spiro atoms. The van der Waals surface area contributed by atoms with Gasteiger partial charge in [-0.05, 0) is 109 Å². The fourth-order valence-electron chi connectivity index (χ4n) is 9.58. The Morgan fingerprint density at radius 2 is 0.577 bits per heavy atom. The van der Waals surface area contributed by atoms with E-state index in [1.54, 1.807) is 6.08 Å². The maximum absolute atomic E-state index is 12.5. The Bertz CT molecular complexity index is 1550. The second-order valence-electron chi connectivity index (χ2n) is 22.1. The Morgan fingerprint density at radius 1 is 0.321 bits per heavy atom. The number of amides is 1. The summed E-state index contributed by atoms with van der Waals surface area (Å²) >= 11 is 0. The summed E-state index contributed by atoms with van der Waals surface area (Å²) in [6.45, 7) is 4.19. The van der Waals surface area contributed by atoms with Gasteiger partial charge in [-0.2, -0.15) is 0 Å². The Balaban J connectivity index is 3.58. The van der Waals surface area contributed by atoms with Gasteiger partial charge in [0.15, 0.2) is 0 Å². The molecule has 2 unspecified atom stereocenters. The minimum absolute atomic E-state index is 0.0807. The molecule has 0 aliphatic carbocycles. The average molecular weight is 1080 g/mol. The van der Waals surface area contributed by atoms with Crippen molar-refractivity contribution in [3.05, 3.63) is 134 Å². The van der Waals surface area contributed by atoms with Gasteiger partial charge in [-0.3, -0.25) is 4.79 Å². The lowest BCUT2D eigenvalue weighted by atomic mass is 10.0. The van der Waals surface area contributed by atoms with Crippen LogP contribution < -0.4 is 5.32 Å². The third-order valence-electron chi connectivity index (χ3n) is 14.6. The number of nitrogens with one attached hydrogen (secondary N) is 1. The van der Waals surface area contributed by atoms with E-state index in [0.717, 1.165) is 89.9 Å². The van der Waals surface area contributed by atoms with Crippen LogP contribution in [0.2, 0.25) is 0 Å². The molecular weight excluding hydrogens is 951 g/mol. The molecule has 0 rings (SSSR count). The maximum atomic E-state index is 12.5. The van der Waals surface area contributed by atoms with Gasteiger partial charge in [0.1, 0.15) is 0 Å². The monoisotopic (exact) mass is 1080 g/mol. The van der Waals surface area contributed by atoms with Gasteiger partial charge in [0.2, 0.25) is 5.91 Å². The summed E-state index contributed by atoms with van der Waals surface area (Å²) in [6.07, 6.45) is 105. The molecule has 3 N–H and O–H groups in total. The fourth-order valence-corrected chi connectivity index (χ4v) is 9.58. The van der Waals surface area contributed by atoms with Crippen molar-refractivity contribution in [2.75, 3.05) is 6.61 Å². The summed E-state index contributed by atoms with van der Waals surface area (Å²) in [4.78, 5) is 12.5. The summed E-state index contributed by atoms with van der Waals surface area (Å²) in [5.41, 5.74) is 0. The van der Waals surface area contributed by atoms with E-state index in [9.17, 15) is 15.0 Å². The van der Waals surface area contributed by atoms with E-state index in [4.69, 9.17) is 0 Å². The molecule has 1 amide bonds. The molecule has 0 saturated carbocycles. The minimum Gasteiger partial charge on any atom is -0.394 e. The highest BCUT2D eigenvalue weighted by Crippen LogP contribution is 2.17. The molecule has 0 aromatic carbocycles. The summed E-state index contributed by atoms with van der Waals surface area (Å²) in [5.74, 6) is -0.0807. The van der Waals surface area contributed by atoms with Crippen LogP contribution in [0.5, 0.6) is 0 Å². The zero-order chi connectivity index (χ0) is 56.2. The number of unbranched alkanes of at least 4 members (excludes halogenated alkanes) is 33. The van der Waals surface area contributed by atoms with Crippen molar-refractivity contribution in [2.45, 2.75) is 321 Å². The third-order valence-corrected chi connectivity index (χ3v) is 14.6. The second-order valence-corrected chi connectivity index (χ2v) is 22.1. The van der Waals surface area contributed by atoms with E-state index in [1.807, 2.05) is 6.08 Å². The molecule has 0 fully saturated rings. The zero-order valence-corrected chi connectivity index (χ0v) is 51.4. The van der Waals surface area contributed by atoms with E-state index >= 15 is 0 Å². The first kappa shape index (κ1) is 74.5. The quantitative estimate of drug-likeness (QED) is 0.0420. The predicted molar refractivity (Wildman–Crippen MR) is 349 cm³/mol. The molecule has 0 radical (unpaired) electrons. The van der Waals surface area contributed by atoms with Gasteiger partial charge in [-0.25, -0.2) is 0 Å². The highest BCUT2D eigenvalue weighted by molar-refractivity contribution is 5.76. The lowest BCUT2D eigenvalue weighted by molar-refractivity contribution is -0.123. The van der Waals surface area contributed by atoms with Crippen molar-refractivity contribution in [1.82, 2.24) is 5.32 Å². The summed E-state index contributed by atoms with van der Waals surface area (Å²) in [5, 5.41) is 23.2. The number of allylic oxidation sites excluding steroid dienone is 21. The lowest BCUT2D eigenvalue weighted by Crippen LogP contribution is -2.45. The van der Waals surface area contributed by atoms with Crippen LogP contribution in [0.4, 0.5) is 0 Å². The second kappa shape index (κ2) is 67.8. The first-order valence-corrected chi connectivity index (χ1v) is 33.4. The van der Waals surface area contributed by atoms with Gasteiger partial charge in [-0.1, -0.05) is 327 Å². The molecule has 0 aliphatic heterocycles. The molecule has 0 bridgehead atoms. The van der Waals surface area contributed by atoms with Crippen molar-refractivity contribution >= 4 is 5.91 Å². The number of hydrogen-bond acceptors (Lipinski definition) is 3. The molecule has 0 heterocycles. The van der Waals surface area contributed by atoms with Crippen LogP contribution in [0.3, 0.4) is 0 Å². The van der Waals surface area contributed by atoms with E-state index in [0.29, 0.717) is 6.42 Å². The standard InChI is InChI=1S/C74H127NO3/c1-3-5-7-9-11-13-15-17-19-21-23-25-27-29-31-32-33-34-35-36-37-38-39-40-41-42-44-46-48-50-52-54-56-58-60-62-64-66-68-70-74(78)75-72(71-76)73(77)69-67-65-63-61-59-57-55-53-51-49-47-45-43-30-28-26-24-22-20-18-16-14-12-10-8-6-4-2/h5,7,11,13,17,19,23,25,29,31,33-34,36-37,39-40,51,53,59,61,67,69,72-73,76-77H,3-4,6,8-10,12,14-16,18,20-22,24,26-28,30,32,35,38,41-50,52,54-58,60,62-66,68,70-71H2,1-2H3,(H,75,78)/b7-5-,13-11-,19-17-,25-23-,31-29-,34-33-,37-36-,40-39-,53-51+,61-59+,69-67+. The van der Waals surface area contributed by atoms with E-state index in [2.05, 4.69) is 141 Å². The first-order chi connectivity index (χ1) is 38.7. The Morgan fingerprint density at radius 3 is 0.897 bits per heavy atom. The fraction of sp³-hybridized carbons (Fsp3) is 0.689. The molecule has 0 aromatic heterocycles. The van der Waals surface area contributed by atoms with Crippen LogP contribution in [0.1, 0.15) is 309 Å². The summed E-state index contributed by atoms with van der Waals surface area (Å²) in [6, 6.07) is -0.655. The Kier molecular flexibility index (Phi) is 64.8. The SMILES string of the molecule is CC/C=C\C/C=C\C/C=C\C/C=C\C/C=C\C/C=C\C/C=C\C/C=C\CCCCCCCCCCCCCCCCC(=O)NC(CO)C(O)/C=C/CC/C=C/CC/C=C/CCCCCCCCCCCCCCCCCCC. The molecule has 4 nitrogen and oxygen atoms in total. The zero-order valence-electron chi connectivity index (χ0n) is 51.4. The number of aliphatic hydroxyl groups excluding tert-OH is 2. The van der Waals surface area contributed by atoms with Gasteiger partial charge >= 0.3 is 0 Å². The lowest BCUT2D eigenvalue weighted by Gasteiger charge is -2.19. The van der Waals surface area contributed by atoms with Crippen LogP contribution in [0.25, 0.3) is 0 Å². The molecule has 0 aliphatic rings. The van der Waals surface area contributed by atoms with Gasteiger partial charge < -0.3 is 15.5 Å². The van der Waals surface area contributed by atoms with Crippen LogP contribution in [-0.4, -0.2) is 34.9 Å². The highest BCUT2D eigenvalue weighted by atomic mass is 16.3. The van der Waals surface area contributed by atoms with Crippen molar-refractivity contribution in [3.63, 3.8) is 0 Å². The summed E-state index contributed by atoms with van der Waals surface area (Å²) in [7, 11) is 0. The Labute approximate surface area is 485 Å². The molecule has 2 atom stereocenters. The number of rotatable bonds is 60. The van der Waals surface area contributed by atoms with E-state index < -0.39 is 12.1 Å². The minimum atomic E-state index is -0.880. The molecule has 78 heavy (non-hydrogen) atoms. The van der Waals surface area contributed by atoms with Crippen LogP contribution in [-0.2, 0) is 4.79 Å². The topological polar surface area (TPSA) is 69.6 Å². The number of carbonyl (C=O) groups excluding carboxylic acids is 1. The average Bonchev–Trinajstić information content (AvgIpc) is 3.44. The molecule has 446 valence electrons. The maximum Gasteiger partial charge on any atom is 0.220 e. The molecule has 4 heteroatoms. The van der Waals surface area contributed by atoms with Crippen molar-refractivity contribution in [1.29, 1.82) is 0 Å². The molecular formula is C74H127NO3. The predicted octanol–water partition coefficient (Wildman–Crippen LogP) is 22.9.